The average Bonchev–Trinajstić information content (AvgIpc) is 3.46. The van der Waals surface area contributed by atoms with E-state index in [-0.39, 0.29) is 9.79 Å². The van der Waals surface area contributed by atoms with E-state index in [1.165, 1.54) is 45.6 Å². The number of rotatable bonds is 8. The maximum Gasteiger partial charge on any atom is 0.269 e. The summed E-state index contributed by atoms with van der Waals surface area (Å²) in [7, 11) is -6.41. The van der Waals surface area contributed by atoms with E-state index in [4.69, 9.17) is 4.74 Å². The van der Waals surface area contributed by atoms with Crippen LogP contribution in [0.25, 0.3) is 11.1 Å². The third kappa shape index (κ3) is 4.44. The van der Waals surface area contributed by atoms with Crippen molar-refractivity contribution in [1.29, 1.82) is 0 Å². The van der Waals surface area contributed by atoms with Gasteiger partial charge in [0.25, 0.3) is 20.0 Å². The minimum Gasteiger partial charge on any atom is -0.497 e. The Morgan fingerprint density at radius 1 is 0.778 bits per heavy atom. The first-order valence-electron chi connectivity index (χ1n) is 11.4. The molecule has 2 aromatic heterocycles. The van der Waals surface area contributed by atoms with E-state index in [2.05, 4.69) is 9.97 Å². The number of hydrogen-bond acceptors (Lipinski definition) is 7. The molecule has 0 aliphatic rings. The van der Waals surface area contributed by atoms with Crippen molar-refractivity contribution in [3.63, 3.8) is 0 Å². The van der Waals surface area contributed by atoms with E-state index in [0.29, 0.717) is 52.8 Å². The molecule has 11 heteroatoms. The highest BCUT2D eigenvalue weighted by Crippen LogP contribution is 2.33. The fourth-order valence-corrected chi connectivity index (χ4v) is 7.17. The van der Waals surface area contributed by atoms with Crippen molar-refractivity contribution in [2.24, 2.45) is 0 Å². The second-order valence-electron chi connectivity index (χ2n) is 8.29. The first kappa shape index (κ1) is 25.6. The van der Waals surface area contributed by atoms with E-state index in [0.717, 1.165) is 0 Å². The van der Waals surface area contributed by atoms with Gasteiger partial charge in [-0.15, -0.1) is 0 Å². The molecule has 0 atom stereocenters. The lowest BCUT2D eigenvalue weighted by molar-refractivity contribution is 0.413. The lowest BCUT2D eigenvalue weighted by Gasteiger charge is -2.15. The van der Waals surface area contributed by atoms with Crippen LogP contribution in [0.3, 0.4) is 0 Å². The van der Waals surface area contributed by atoms with Gasteiger partial charge in [-0.3, -0.25) is 0 Å². The summed E-state index contributed by atoms with van der Waals surface area (Å²) in [5.41, 5.74) is 2.17. The van der Waals surface area contributed by atoms with Crippen LogP contribution in [0.1, 0.15) is 36.9 Å². The van der Waals surface area contributed by atoms with Crippen molar-refractivity contribution in [3.05, 3.63) is 77.9 Å². The Morgan fingerprint density at radius 3 is 1.81 bits per heavy atom. The Bertz CT molecular complexity index is 1630. The van der Waals surface area contributed by atoms with Crippen LogP contribution < -0.4 is 4.74 Å². The molecule has 0 fully saturated rings. The largest absolute Gasteiger partial charge is 0.497 e. The molecule has 4 aromatic rings. The van der Waals surface area contributed by atoms with Gasteiger partial charge in [-0.2, -0.15) is 0 Å². The van der Waals surface area contributed by atoms with Crippen LogP contribution in [0.5, 0.6) is 5.75 Å². The van der Waals surface area contributed by atoms with Gasteiger partial charge in [-0.05, 0) is 43.7 Å². The number of hydrogen-bond donors (Lipinski definition) is 0. The molecule has 4 rings (SSSR count). The Morgan fingerprint density at radius 2 is 1.31 bits per heavy atom. The summed E-state index contributed by atoms with van der Waals surface area (Å²) < 4.78 is 61.6. The third-order valence-electron chi connectivity index (χ3n) is 5.81. The Balaban J connectivity index is 1.83. The van der Waals surface area contributed by atoms with E-state index in [1.54, 1.807) is 38.1 Å². The van der Waals surface area contributed by atoms with Gasteiger partial charge in [-0.1, -0.05) is 26.0 Å². The summed E-state index contributed by atoms with van der Waals surface area (Å²) in [5.74, 6) is 1.25. The van der Waals surface area contributed by atoms with Crippen LogP contribution >= 0.6 is 0 Å². The molecule has 2 aromatic carbocycles. The third-order valence-corrected chi connectivity index (χ3v) is 9.24. The van der Waals surface area contributed by atoms with Crippen LogP contribution in [-0.4, -0.2) is 41.9 Å². The van der Waals surface area contributed by atoms with Crippen LogP contribution in [0.4, 0.5) is 0 Å². The summed E-state index contributed by atoms with van der Waals surface area (Å²) in [6.07, 6.45) is 3.89. The smallest absolute Gasteiger partial charge is 0.269 e. The number of benzene rings is 2. The van der Waals surface area contributed by atoms with Crippen LogP contribution in [0, 0.1) is 13.8 Å². The van der Waals surface area contributed by atoms with Gasteiger partial charge in [0.1, 0.15) is 17.4 Å². The highest BCUT2D eigenvalue weighted by molar-refractivity contribution is 7.90. The standard InChI is InChI=1S/C25H28N4O5S2/c1-6-24-26-17(3)15-28(24)35(30,31)21-11-8-19(9-12-21)22-13-10-20(34-5)14-23(22)36(32,33)29-16-18(4)27-25(29)7-2/h8-16H,6-7H2,1-5H3. The first-order chi connectivity index (χ1) is 17.0. The number of methoxy groups -OCH3 is 1. The molecule has 0 radical (unpaired) electrons. The molecule has 36 heavy (non-hydrogen) atoms. The molecule has 0 N–H and O–H groups in total. The summed E-state index contributed by atoms with van der Waals surface area (Å²) in [5, 5.41) is 0. The molecule has 0 saturated heterocycles. The van der Waals surface area contributed by atoms with E-state index < -0.39 is 20.0 Å². The molecule has 0 aliphatic carbocycles. The second kappa shape index (κ2) is 9.55. The minimum atomic E-state index is -4.02. The first-order valence-corrected chi connectivity index (χ1v) is 14.3. The van der Waals surface area contributed by atoms with Gasteiger partial charge in [-0.25, -0.2) is 34.7 Å². The van der Waals surface area contributed by atoms with Crippen LogP contribution in [0.15, 0.2) is 64.6 Å². The Labute approximate surface area is 211 Å². The topological polar surface area (TPSA) is 113 Å². The van der Waals surface area contributed by atoms with Crippen molar-refractivity contribution in [3.8, 4) is 16.9 Å². The Hall–Kier alpha value is -3.44. The molecule has 9 nitrogen and oxygen atoms in total. The highest BCUT2D eigenvalue weighted by atomic mass is 32.2. The number of aromatic nitrogens is 4. The fraction of sp³-hybridized carbons (Fsp3) is 0.280. The molecular formula is C25H28N4O5S2. The van der Waals surface area contributed by atoms with Gasteiger partial charge in [0, 0.05) is 36.9 Å². The van der Waals surface area contributed by atoms with Crippen molar-refractivity contribution < 1.29 is 21.6 Å². The molecule has 0 unspecified atom stereocenters. The zero-order chi connectivity index (χ0) is 26.3. The number of aryl methyl sites for hydroxylation is 4. The van der Waals surface area contributed by atoms with Gasteiger partial charge >= 0.3 is 0 Å². The maximum atomic E-state index is 13.7. The second-order valence-corrected chi connectivity index (χ2v) is 11.9. The molecule has 0 amide bonds. The highest BCUT2D eigenvalue weighted by Gasteiger charge is 2.26. The summed E-state index contributed by atoms with van der Waals surface area (Å²) >= 11 is 0. The monoisotopic (exact) mass is 528 g/mol. The summed E-state index contributed by atoms with van der Waals surface area (Å²) in [4.78, 5) is 8.72. The number of nitrogens with zero attached hydrogens (tertiary/aromatic N) is 4. The van der Waals surface area contributed by atoms with Gasteiger partial charge in [0.15, 0.2) is 0 Å². The normalized spacial score (nSPS) is 12.1. The zero-order valence-corrected chi connectivity index (χ0v) is 22.4. The van der Waals surface area contributed by atoms with Gasteiger partial charge < -0.3 is 4.74 Å². The zero-order valence-electron chi connectivity index (χ0n) is 20.8. The molecule has 190 valence electrons. The predicted molar refractivity (Wildman–Crippen MR) is 136 cm³/mol. The van der Waals surface area contributed by atoms with Crippen LogP contribution in [-0.2, 0) is 32.9 Å². The predicted octanol–water partition coefficient (Wildman–Crippen LogP) is 3.97. The number of ether oxygens (including phenoxy) is 1. The number of imidazole rings is 2. The maximum absolute atomic E-state index is 13.7. The van der Waals surface area contributed by atoms with Crippen molar-refractivity contribution in [2.75, 3.05) is 7.11 Å². The van der Waals surface area contributed by atoms with E-state index in [9.17, 15) is 16.8 Å². The van der Waals surface area contributed by atoms with Gasteiger partial charge in [0.2, 0.25) is 0 Å². The summed E-state index contributed by atoms with van der Waals surface area (Å²) in [6, 6.07) is 10.9. The lowest BCUT2D eigenvalue weighted by Crippen LogP contribution is -2.16. The van der Waals surface area contributed by atoms with E-state index >= 15 is 0 Å². The van der Waals surface area contributed by atoms with E-state index in [1.807, 2.05) is 13.8 Å². The van der Waals surface area contributed by atoms with Crippen molar-refractivity contribution in [1.82, 2.24) is 17.9 Å². The SMILES string of the molecule is CCc1nc(C)cn1S(=O)(=O)c1ccc(-c2ccc(OC)cc2S(=O)(=O)n2cc(C)nc2CC)cc1. The van der Waals surface area contributed by atoms with Crippen molar-refractivity contribution in [2.45, 2.75) is 50.3 Å². The molecule has 0 spiro atoms. The average molecular weight is 529 g/mol. The molecular weight excluding hydrogens is 500 g/mol. The van der Waals surface area contributed by atoms with Gasteiger partial charge in [0.05, 0.1) is 28.3 Å². The molecule has 0 aliphatic heterocycles. The Kier molecular flexibility index (Phi) is 6.80. The molecule has 0 saturated carbocycles. The van der Waals surface area contributed by atoms with Crippen molar-refractivity contribution >= 4 is 20.0 Å². The fourth-order valence-electron chi connectivity index (χ4n) is 4.05. The summed E-state index contributed by atoms with van der Waals surface area (Å²) in [6.45, 7) is 7.16. The minimum absolute atomic E-state index is 0.0306. The molecule has 0 bridgehead atoms. The van der Waals surface area contributed by atoms with Crippen LogP contribution in [0.2, 0.25) is 0 Å². The quantitative estimate of drug-likeness (QED) is 0.340. The molecule has 2 heterocycles. The lowest BCUT2D eigenvalue weighted by atomic mass is 10.1.